The van der Waals surface area contributed by atoms with Crippen LogP contribution in [-0.2, 0) is 16.1 Å². The summed E-state index contributed by atoms with van der Waals surface area (Å²) in [5.74, 6) is 0.321. The van der Waals surface area contributed by atoms with Gasteiger partial charge < -0.3 is 9.64 Å². The van der Waals surface area contributed by atoms with E-state index in [-0.39, 0.29) is 0 Å². The first kappa shape index (κ1) is 19.4. The number of hydrogen-bond donors (Lipinski definition) is 0. The van der Waals surface area contributed by atoms with Crippen LogP contribution in [0.15, 0.2) is 17.5 Å². The Bertz CT molecular complexity index is 609. The van der Waals surface area contributed by atoms with E-state index in [2.05, 4.69) is 46.1 Å². The van der Waals surface area contributed by atoms with Crippen LogP contribution < -0.4 is 0 Å². The second kappa shape index (κ2) is 8.60. The van der Waals surface area contributed by atoms with E-state index in [9.17, 15) is 4.79 Å². The molecule has 4 rings (SSSR count). The predicted octanol–water partition coefficient (Wildman–Crippen LogP) is 2.81. The molecule has 5 nitrogen and oxygen atoms in total. The van der Waals surface area contributed by atoms with Gasteiger partial charge in [0.15, 0.2) is 0 Å². The minimum Gasteiger partial charge on any atom is -0.373 e. The van der Waals surface area contributed by atoms with Crippen LogP contribution in [0.1, 0.15) is 44.4 Å². The molecule has 3 atom stereocenters. The predicted molar refractivity (Wildman–Crippen MR) is 109 cm³/mol. The number of carbonyl (C=O) groups is 1. The fraction of sp³-hybridized carbons (Fsp3) is 0.762. The molecular formula is C21H33N3O2S. The van der Waals surface area contributed by atoms with Crippen molar-refractivity contribution >= 4 is 17.2 Å². The quantitative estimate of drug-likeness (QED) is 0.716. The summed E-state index contributed by atoms with van der Waals surface area (Å²) in [5.41, 5.74) is 0. The highest BCUT2D eigenvalue weighted by atomic mass is 32.1. The number of morpholine rings is 1. The summed E-state index contributed by atoms with van der Waals surface area (Å²) in [4.78, 5) is 21.5. The average Bonchev–Trinajstić information content (AvgIpc) is 3.14. The Morgan fingerprint density at radius 1 is 1.26 bits per heavy atom. The molecule has 6 heteroatoms. The van der Waals surface area contributed by atoms with E-state index in [1.807, 2.05) is 0 Å². The highest BCUT2D eigenvalue weighted by Gasteiger charge is 2.36. The van der Waals surface area contributed by atoms with Crippen LogP contribution in [0.25, 0.3) is 0 Å². The van der Waals surface area contributed by atoms with Gasteiger partial charge in [-0.3, -0.25) is 14.6 Å². The van der Waals surface area contributed by atoms with E-state index >= 15 is 0 Å². The van der Waals surface area contributed by atoms with Gasteiger partial charge in [0.1, 0.15) is 0 Å². The lowest BCUT2D eigenvalue weighted by Gasteiger charge is -2.38. The van der Waals surface area contributed by atoms with E-state index in [1.54, 1.807) is 11.3 Å². The maximum absolute atomic E-state index is 13.1. The topological polar surface area (TPSA) is 36.0 Å². The molecule has 0 bridgehead atoms. The second-order valence-electron chi connectivity index (χ2n) is 8.57. The monoisotopic (exact) mass is 391 g/mol. The Morgan fingerprint density at radius 3 is 2.70 bits per heavy atom. The standard InChI is InChI=1S/C21H33N3O2S/c1-16-11-22(12-17(2)26-16)13-19-5-3-9-23(19)15-21(25)24(18-7-8-18)14-20-6-4-10-27-20/h4,6,10,16-19H,3,5,7-9,11-15H2,1-2H3. The van der Waals surface area contributed by atoms with Crippen LogP contribution in [0.3, 0.4) is 0 Å². The normalized spacial score (nSPS) is 29.9. The van der Waals surface area contributed by atoms with Crippen LogP contribution in [0.4, 0.5) is 0 Å². The molecule has 0 spiro atoms. The third-order valence-electron chi connectivity index (χ3n) is 6.02. The number of amides is 1. The fourth-order valence-corrected chi connectivity index (χ4v) is 5.39. The lowest BCUT2D eigenvalue weighted by molar-refractivity contribution is -0.134. The minimum absolute atomic E-state index is 0.307. The Kier molecular flexibility index (Phi) is 6.17. The molecule has 3 aliphatic rings. The summed E-state index contributed by atoms with van der Waals surface area (Å²) in [6.07, 6.45) is 5.38. The number of nitrogens with zero attached hydrogens (tertiary/aromatic N) is 3. The highest BCUT2D eigenvalue weighted by molar-refractivity contribution is 7.09. The summed E-state index contributed by atoms with van der Waals surface area (Å²) in [5, 5.41) is 2.10. The zero-order valence-corrected chi connectivity index (χ0v) is 17.5. The Labute approximate surface area is 167 Å². The summed E-state index contributed by atoms with van der Waals surface area (Å²) >= 11 is 1.75. The number of thiophene rings is 1. The van der Waals surface area contributed by atoms with Crippen LogP contribution in [0.5, 0.6) is 0 Å². The highest BCUT2D eigenvalue weighted by Crippen LogP contribution is 2.30. The van der Waals surface area contributed by atoms with Crippen molar-refractivity contribution in [2.24, 2.45) is 0 Å². The lowest BCUT2D eigenvalue weighted by atomic mass is 10.1. The van der Waals surface area contributed by atoms with Crippen molar-refractivity contribution in [3.8, 4) is 0 Å². The van der Waals surface area contributed by atoms with Gasteiger partial charge in [0.2, 0.25) is 5.91 Å². The average molecular weight is 392 g/mol. The molecule has 1 amide bonds. The molecule has 2 saturated heterocycles. The van der Waals surface area contributed by atoms with Crippen LogP contribution >= 0.6 is 11.3 Å². The van der Waals surface area contributed by atoms with Gasteiger partial charge in [-0.05, 0) is 57.5 Å². The Balaban J connectivity index is 1.33. The number of likely N-dealkylation sites (tertiary alicyclic amines) is 1. The van der Waals surface area contributed by atoms with Gasteiger partial charge in [-0.25, -0.2) is 0 Å². The molecule has 150 valence electrons. The summed E-state index contributed by atoms with van der Waals surface area (Å²) < 4.78 is 5.87. The molecule has 1 saturated carbocycles. The molecule has 0 radical (unpaired) electrons. The molecule has 3 heterocycles. The first-order valence-electron chi connectivity index (χ1n) is 10.5. The summed E-state index contributed by atoms with van der Waals surface area (Å²) in [6.45, 7) is 9.85. The van der Waals surface area contributed by atoms with Crippen molar-refractivity contribution in [2.45, 2.75) is 70.4 Å². The SMILES string of the molecule is CC1CN(CC2CCCN2CC(=O)N(Cc2cccs2)C2CC2)CC(C)O1. The van der Waals surface area contributed by atoms with E-state index in [0.29, 0.717) is 36.7 Å². The zero-order valence-electron chi connectivity index (χ0n) is 16.7. The second-order valence-corrected chi connectivity index (χ2v) is 9.61. The molecule has 1 aliphatic carbocycles. The summed E-state index contributed by atoms with van der Waals surface area (Å²) in [7, 11) is 0. The molecule has 2 aliphatic heterocycles. The van der Waals surface area contributed by atoms with E-state index in [1.165, 1.54) is 30.6 Å². The van der Waals surface area contributed by atoms with Crippen molar-refractivity contribution in [1.29, 1.82) is 0 Å². The molecule has 1 aromatic heterocycles. The van der Waals surface area contributed by atoms with Gasteiger partial charge in [-0.2, -0.15) is 0 Å². The van der Waals surface area contributed by atoms with E-state index in [4.69, 9.17) is 4.74 Å². The molecule has 0 N–H and O–H groups in total. The van der Waals surface area contributed by atoms with E-state index in [0.717, 1.165) is 32.7 Å². The van der Waals surface area contributed by atoms with Crippen molar-refractivity contribution in [2.75, 3.05) is 32.7 Å². The minimum atomic E-state index is 0.307. The van der Waals surface area contributed by atoms with Gasteiger partial charge in [0.25, 0.3) is 0 Å². The number of carbonyl (C=O) groups excluding carboxylic acids is 1. The lowest BCUT2D eigenvalue weighted by Crippen LogP contribution is -2.51. The fourth-order valence-electron chi connectivity index (χ4n) is 4.68. The van der Waals surface area contributed by atoms with Crippen molar-refractivity contribution in [1.82, 2.24) is 14.7 Å². The van der Waals surface area contributed by atoms with Crippen LogP contribution in [-0.4, -0.2) is 77.6 Å². The summed E-state index contributed by atoms with van der Waals surface area (Å²) in [6, 6.07) is 5.21. The number of ether oxygens (including phenoxy) is 1. The van der Waals surface area contributed by atoms with Crippen molar-refractivity contribution < 1.29 is 9.53 Å². The molecule has 1 aromatic rings. The van der Waals surface area contributed by atoms with Gasteiger partial charge in [0, 0.05) is 36.6 Å². The Morgan fingerprint density at radius 2 is 2.04 bits per heavy atom. The molecule has 3 fully saturated rings. The van der Waals surface area contributed by atoms with Crippen molar-refractivity contribution in [3.63, 3.8) is 0 Å². The van der Waals surface area contributed by atoms with Crippen LogP contribution in [0.2, 0.25) is 0 Å². The first-order chi connectivity index (χ1) is 13.1. The maximum atomic E-state index is 13.1. The molecule has 0 aromatic carbocycles. The number of hydrogen-bond acceptors (Lipinski definition) is 5. The van der Waals surface area contributed by atoms with Crippen LogP contribution in [0, 0.1) is 0 Å². The first-order valence-corrected chi connectivity index (χ1v) is 11.4. The van der Waals surface area contributed by atoms with Gasteiger partial charge in [-0.15, -0.1) is 11.3 Å². The molecule has 3 unspecified atom stereocenters. The number of rotatable bonds is 7. The van der Waals surface area contributed by atoms with Gasteiger partial charge in [-0.1, -0.05) is 6.07 Å². The smallest absolute Gasteiger partial charge is 0.237 e. The maximum Gasteiger partial charge on any atom is 0.237 e. The molecular weight excluding hydrogens is 358 g/mol. The third kappa shape index (κ3) is 5.11. The Hall–Kier alpha value is -0.950. The van der Waals surface area contributed by atoms with Crippen molar-refractivity contribution in [3.05, 3.63) is 22.4 Å². The largest absolute Gasteiger partial charge is 0.373 e. The zero-order chi connectivity index (χ0) is 18.8. The van der Waals surface area contributed by atoms with Gasteiger partial charge >= 0.3 is 0 Å². The van der Waals surface area contributed by atoms with E-state index < -0.39 is 0 Å². The third-order valence-corrected chi connectivity index (χ3v) is 6.88. The van der Waals surface area contributed by atoms with Gasteiger partial charge in [0.05, 0.1) is 25.3 Å². The molecule has 27 heavy (non-hydrogen) atoms.